The molecule has 0 N–H and O–H groups in total. The molecule has 3 heterocycles. The molecule has 0 spiro atoms. The van der Waals surface area contributed by atoms with Gasteiger partial charge in [0.1, 0.15) is 5.01 Å². The van der Waals surface area contributed by atoms with Gasteiger partial charge in [-0.25, -0.2) is 4.98 Å². The molecule has 1 saturated heterocycles. The quantitative estimate of drug-likeness (QED) is 0.856. The summed E-state index contributed by atoms with van der Waals surface area (Å²) in [5.74, 6) is 1.38. The van der Waals surface area contributed by atoms with E-state index in [2.05, 4.69) is 4.98 Å². The lowest BCUT2D eigenvalue weighted by Gasteiger charge is -2.23. The average Bonchev–Trinajstić information content (AvgIpc) is 3.24. The number of ether oxygens (including phenoxy) is 2. The number of carbonyl (C=O) groups excluding carboxylic acids is 1. The number of benzene rings is 1. The van der Waals surface area contributed by atoms with Crippen LogP contribution in [0.15, 0.2) is 29.8 Å². The minimum atomic E-state index is 0.0333. The van der Waals surface area contributed by atoms with E-state index in [9.17, 15) is 4.79 Å². The largest absolute Gasteiger partial charge is 0.454 e. The molecule has 2 aliphatic rings. The molecule has 6 heteroatoms. The van der Waals surface area contributed by atoms with E-state index in [-0.39, 0.29) is 18.7 Å². The van der Waals surface area contributed by atoms with Crippen LogP contribution in [0.2, 0.25) is 0 Å². The topological polar surface area (TPSA) is 51.7 Å². The number of hydrogen-bond acceptors (Lipinski definition) is 5. The maximum atomic E-state index is 12.8. The van der Waals surface area contributed by atoms with E-state index in [1.54, 1.807) is 35.7 Å². The summed E-state index contributed by atoms with van der Waals surface area (Å²) in [6, 6.07) is 5.46. The Hall–Kier alpha value is -2.08. The Kier molecular flexibility index (Phi) is 3.03. The van der Waals surface area contributed by atoms with Crippen molar-refractivity contribution in [3.05, 3.63) is 40.3 Å². The molecular weight excluding hydrogens is 288 g/mol. The van der Waals surface area contributed by atoms with Crippen LogP contribution < -0.4 is 9.47 Å². The van der Waals surface area contributed by atoms with Crippen molar-refractivity contribution >= 4 is 17.2 Å². The number of rotatable bonds is 2. The summed E-state index contributed by atoms with van der Waals surface area (Å²) in [4.78, 5) is 19.0. The Morgan fingerprint density at radius 1 is 1.33 bits per heavy atom. The van der Waals surface area contributed by atoms with Gasteiger partial charge in [-0.15, -0.1) is 11.3 Å². The van der Waals surface area contributed by atoms with Crippen molar-refractivity contribution in [3.8, 4) is 11.5 Å². The molecule has 2 aliphatic heterocycles. The zero-order valence-electron chi connectivity index (χ0n) is 11.3. The maximum Gasteiger partial charge on any atom is 0.254 e. The van der Waals surface area contributed by atoms with Crippen LogP contribution in [-0.4, -0.2) is 29.1 Å². The highest BCUT2D eigenvalue weighted by molar-refractivity contribution is 7.09. The Labute approximate surface area is 126 Å². The first kappa shape index (κ1) is 12.6. The highest BCUT2D eigenvalue weighted by atomic mass is 32.1. The van der Waals surface area contributed by atoms with Crippen LogP contribution in [-0.2, 0) is 0 Å². The first-order valence-electron chi connectivity index (χ1n) is 6.93. The van der Waals surface area contributed by atoms with Gasteiger partial charge in [0.25, 0.3) is 5.91 Å². The van der Waals surface area contributed by atoms with Gasteiger partial charge in [-0.1, -0.05) is 0 Å². The van der Waals surface area contributed by atoms with E-state index < -0.39 is 0 Å². The van der Waals surface area contributed by atoms with Crippen LogP contribution in [0.3, 0.4) is 0 Å². The zero-order valence-corrected chi connectivity index (χ0v) is 12.1. The first-order valence-corrected chi connectivity index (χ1v) is 7.81. The molecule has 1 aromatic heterocycles. The van der Waals surface area contributed by atoms with Gasteiger partial charge in [0.2, 0.25) is 6.79 Å². The van der Waals surface area contributed by atoms with Crippen LogP contribution >= 0.6 is 11.3 Å². The second kappa shape index (κ2) is 5.04. The van der Waals surface area contributed by atoms with Crippen LogP contribution in [0, 0.1) is 0 Å². The van der Waals surface area contributed by atoms with Gasteiger partial charge in [-0.3, -0.25) is 4.79 Å². The lowest BCUT2D eigenvalue weighted by atomic mass is 10.1. The molecular formula is C15H14N2O3S. The summed E-state index contributed by atoms with van der Waals surface area (Å²) in [7, 11) is 0. The third-order valence-electron chi connectivity index (χ3n) is 3.87. The average molecular weight is 302 g/mol. The predicted molar refractivity (Wildman–Crippen MR) is 77.7 cm³/mol. The van der Waals surface area contributed by atoms with E-state index in [1.165, 1.54) is 0 Å². The number of aromatic nitrogens is 1. The SMILES string of the molecule is O=C(c1ccc2c(c1)OCO2)N1CCCC1c1nccs1. The summed E-state index contributed by atoms with van der Waals surface area (Å²) in [5.41, 5.74) is 0.641. The summed E-state index contributed by atoms with van der Waals surface area (Å²) < 4.78 is 10.6. The number of carbonyl (C=O) groups is 1. The molecule has 2 aromatic rings. The number of likely N-dealkylation sites (tertiary alicyclic amines) is 1. The second-order valence-corrected chi connectivity index (χ2v) is 6.02. The molecule has 108 valence electrons. The first-order chi connectivity index (χ1) is 10.3. The van der Waals surface area contributed by atoms with E-state index in [1.807, 2.05) is 10.3 Å². The van der Waals surface area contributed by atoms with E-state index >= 15 is 0 Å². The zero-order chi connectivity index (χ0) is 14.2. The van der Waals surface area contributed by atoms with Crippen molar-refractivity contribution < 1.29 is 14.3 Å². The summed E-state index contributed by atoms with van der Waals surface area (Å²) in [6.45, 7) is 0.996. The lowest BCUT2D eigenvalue weighted by molar-refractivity contribution is 0.0735. The van der Waals surface area contributed by atoms with Crippen molar-refractivity contribution in [1.29, 1.82) is 0 Å². The third kappa shape index (κ3) is 2.15. The minimum absolute atomic E-state index is 0.0333. The van der Waals surface area contributed by atoms with Gasteiger partial charge < -0.3 is 14.4 Å². The molecule has 0 saturated carbocycles. The highest BCUT2D eigenvalue weighted by Gasteiger charge is 2.32. The Balaban J connectivity index is 1.62. The second-order valence-electron chi connectivity index (χ2n) is 5.09. The summed E-state index contributed by atoms with van der Waals surface area (Å²) in [6.07, 6.45) is 3.78. The van der Waals surface area contributed by atoms with Gasteiger partial charge in [-0.05, 0) is 31.0 Å². The molecule has 1 aromatic carbocycles. The van der Waals surface area contributed by atoms with Crippen molar-refractivity contribution in [2.75, 3.05) is 13.3 Å². The van der Waals surface area contributed by atoms with Crippen LogP contribution in [0.4, 0.5) is 0 Å². The van der Waals surface area contributed by atoms with E-state index in [4.69, 9.17) is 9.47 Å². The number of thiazole rings is 1. The summed E-state index contributed by atoms with van der Waals surface area (Å²) in [5, 5.41) is 2.97. The molecule has 0 aliphatic carbocycles. The summed E-state index contributed by atoms with van der Waals surface area (Å²) >= 11 is 1.61. The fourth-order valence-corrected chi connectivity index (χ4v) is 3.65. The molecule has 1 amide bonds. The molecule has 1 fully saturated rings. The predicted octanol–water partition coefficient (Wildman–Crippen LogP) is 2.85. The van der Waals surface area contributed by atoms with Crippen molar-refractivity contribution in [1.82, 2.24) is 9.88 Å². The van der Waals surface area contributed by atoms with Gasteiger partial charge in [0.15, 0.2) is 11.5 Å². The Morgan fingerprint density at radius 3 is 3.10 bits per heavy atom. The number of nitrogens with zero attached hydrogens (tertiary/aromatic N) is 2. The fraction of sp³-hybridized carbons (Fsp3) is 0.333. The molecule has 21 heavy (non-hydrogen) atoms. The fourth-order valence-electron chi connectivity index (χ4n) is 2.86. The Bertz CT molecular complexity index is 672. The molecule has 0 radical (unpaired) electrons. The number of fused-ring (bicyclic) bond motifs is 1. The van der Waals surface area contributed by atoms with Crippen LogP contribution in [0.1, 0.15) is 34.2 Å². The van der Waals surface area contributed by atoms with Crippen molar-refractivity contribution in [2.45, 2.75) is 18.9 Å². The van der Waals surface area contributed by atoms with Gasteiger partial charge >= 0.3 is 0 Å². The number of amides is 1. The molecule has 1 unspecified atom stereocenters. The number of hydrogen-bond donors (Lipinski definition) is 0. The van der Waals surface area contributed by atoms with Crippen molar-refractivity contribution in [2.24, 2.45) is 0 Å². The van der Waals surface area contributed by atoms with Crippen molar-refractivity contribution in [3.63, 3.8) is 0 Å². The normalized spacial score (nSPS) is 20.0. The van der Waals surface area contributed by atoms with Crippen LogP contribution in [0.25, 0.3) is 0 Å². The molecule has 5 nitrogen and oxygen atoms in total. The monoisotopic (exact) mass is 302 g/mol. The van der Waals surface area contributed by atoms with E-state index in [0.29, 0.717) is 17.1 Å². The Morgan fingerprint density at radius 2 is 2.24 bits per heavy atom. The minimum Gasteiger partial charge on any atom is -0.454 e. The molecule has 4 rings (SSSR count). The lowest BCUT2D eigenvalue weighted by Crippen LogP contribution is -2.30. The smallest absolute Gasteiger partial charge is 0.254 e. The maximum absolute atomic E-state index is 12.8. The van der Waals surface area contributed by atoms with Crippen LogP contribution in [0.5, 0.6) is 11.5 Å². The molecule has 0 bridgehead atoms. The van der Waals surface area contributed by atoms with Gasteiger partial charge in [0.05, 0.1) is 6.04 Å². The van der Waals surface area contributed by atoms with Gasteiger partial charge in [-0.2, -0.15) is 0 Å². The van der Waals surface area contributed by atoms with Gasteiger partial charge in [0, 0.05) is 23.7 Å². The third-order valence-corrected chi connectivity index (χ3v) is 4.75. The van der Waals surface area contributed by atoms with E-state index in [0.717, 1.165) is 24.4 Å². The standard InChI is InChI=1S/C15H14N2O3S/c18-15(10-3-4-12-13(8-10)20-9-19-12)17-6-1-2-11(17)14-16-5-7-21-14/h3-5,7-8,11H,1-2,6,9H2. The highest BCUT2D eigenvalue weighted by Crippen LogP contribution is 2.36. The molecule has 1 atom stereocenters.